The lowest BCUT2D eigenvalue weighted by atomic mass is 10.1. The largest absolute Gasteiger partial charge is 0.493 e. The molecule has 0 bridgehead atoms. The lowest BCUT2D eigenvalue weighted by Gasteiger charge is -2.16. The molecule has 2 aromatic carbocycles. The number of nitrogens with zero attached hydrogens (tertiary/aromatic N) is 3. The highest BCUT2D eigenvalue weighted by molar-refractivity contribution is 8.18. The maximum atomic E-state index is 13.5. The highest BCUT2D eigenvalue weighted by Crippen LogP contribution is 2.41. The summed E-state index contributed by atoms with van der Waals surface area (Å²) in [5, 5.41) is 12.6. The van der Waals surface area contributed by atoms with Gasteiger partial charge in [0.2, 0.25) is 0 Å². The van der Waals surface area contributed by atoms with Gasteiger partial charge in [-0.1, -0.05) is 6.07 Å². The summed E-state index contributed by atoms with van der Waals surface area (Å²) in [7, 11) is 1.35. The molecule has 1 aliphatic heterocycles. The number of ether oxygens (including phenoxy) is 2. The van der Waals surface area contributed by atoms with E-state index >= 15 is 0 Å². The van der Waals surface area contributed by atoms with Crippen molar-refractivity contribution in [3.8, 4) is 23.3 Å². The molecule has 3 aromatic rings. The van der Waals surface area contributed by atoms with Crippen molar-refractivity contribution in [3.63, 3.8) is 0 Å². The Kier molecular flexibility index (Phi) is 7.79. The lowest BCUT2D eigenvalue weighted by molar-refractivity contribution is -0.138. The van der Waals surface area contributed by atoms with E-state index in [2.05, 4.69) is 15.3 Å². The number of hydrogen-bond donors (Lipinski definition) is 1. The zero-order valence-electron chi connectivity index (χ0n) is 19.4. The summed E-state index contributed by atoms with van der Waals surface area (Å²) < 4.78 is 51.3. The molecule has 0 atom stereocenters. The molecule has 0 aliphatic carbocycles. The van der Waals surface area contributed by atoms with Crippen LogP contribution in [0.5, 0.6) is 17.2 Å². The van der Waals surface area contributed by atoms with Crippen molar-refractivity contribution < 1.29 is 27.4 Å². The van der Waals surface area contributed by atoms with Crippen molar-refractivity contribution in [1.82, 2.24) is 10.3 Å². The molecule has 188 valence electrons. The number of rotatable bonds is 7. The van der Waals surface area contributed by atoms with E-state index in [1.807, 2.05) is 12.1 Å². The van der Waals surface area contributed by atoms with Gasteiger partial charge in [0.05, 0.1) is 29.2 Å². The van der Waals surface area contributed by atoms with Gasteiger partial charge in [-0.25, -0.2) is 0 Å². The second kappa shape index (κ2) is 11.2. The first-order valence-electron chi connectivity index (χ1n) is 10.9. The number of pyridine rings is 1. The van der Waals surface area contributed by atoms with Gasteiger partial charge < -0.3 is 14.8 Å². The van der Waals surface area contributed by atoms with Crippen LogP contribution in [0.25, 0.3) is 6.08 Å². The summed E-state index contributed by atoms with van der Waals surface area (Å²) in [5.41, 5.74) is 0.463. The molecule has 0 saturated carbocycles. The standard InChI is InChI=1S/C26H19F3N4O3S/c1-35-22-13-17(2-5-21(22)36-20-4-3-18(15-30)12-19(20)26(27,28)29)14-23-24(34)33-25(37-23)32-11-8-16-6-9-31-10-7-16/h2-7,9-10,12-14H,8,11H2,1H3,(H,32,33,34)/b23-14+. The van der Waals surface area contributed by atoms with Crippen molar-refractivity contribution in [2.45, 2.75) is 12.6 Å². The summed E-state index contributed by atoms with van der Waals surface area (Å²) in [6.45, 7) is 0.589. The molecule has 0 fully saturated rings. The van der Waals surface area contributed by atoms with Gasteiger partial charge in [-0.3, -0.25) is 9.78 Å². The number of amidine groups is 1. The normalized spacial score (nSPS) is 14.3. The van der Waals surface area contributed by atoms with Crippen molar-refractivity contribution in [3.05, 3.63) is 88.1 Å². The number of nitriles is 1. The number of methoxy groups -OCH3 is 1. The third kappa shape index (κ3) is 6.48. The zero-order chi connectivity index (χ0) is 26.4. The number of thioether (sulfide) groups is 1. The number of carbonyl (C=O) groups excluding carboxylic acids is 1. The Morgan fingerprint density at radius 3 is 2.54 bits per heavy atom. The molecular formula is C26H19F3N4O3S. The van der Waals surface area contributed by atoms with Crippen LogP contribution in [0.4, 0.5) is 13.2 Å². The highest BCUT2D eigenvalue weighted by atomic mass is 32.2. The van der Waals surface area contributed by atoms with E-state index < -0.39 is 23.4 Å². The topological polar surface area (TPSA) is 96.6 Å². The number of hydrogen-bond acceptors (Lipinski definition) is 7. The van der Waals surface area contributed by atoms with Gasteiger partial charge in [-0.2, -0.15) is 23.4 Å². The SMILES string of the molecule is COc1cc(/C=C2/SC(NCCc3ccncc3)=NC2=O)ccc1Oc1ccc(C#N)cc1C(F)(F)F. The van der Waals surface area contributed by atoms with Gasteiger partial charge in [-0.05, 0) is 77.9 Å². The number of alkyl halides is 3. The smallest absolute Gasteiger partial charge is 0.420 e. The van der Waals surface area contributed by atoms with Crippen LogP contribution >= 0.6 is 11.8 Å². The third-order valence-corrected chi connectivity index (χ3v) is 6.12. The van der Waals surface area contributed by atoms with E-state index in [4.69, 9.17) is 14.7 Å². The van der Waals surface area contributed by atoms with Crippen molar-refractivity contribution in [2.75, 3.05) is 13.7 Å². The van der Waals surface area contributed by atoms with Crippen LogP contribution in [0.1, 0.15) is 22.3 Å². The second-order valence-corrected chi connectivity index (χ2v) is 8.73. The molecule has 1 aromatic heterocycles. The quantitative estimate of drug-likeness (QED) is 0.403. The minimum atomic E-state index is -4.72. The number of carbonyl (C=O) groups is 1. The van der Waals surface area contributed by atoms with Gasteiger partial charge in [0.25, 0.3) is 5.91 Å². The van der Waals surface area contributed by atoms with Gasteiger partial charge in [-0.15, -0.1) is 0 Å². The summed E-state index contributed by atoms with van der Waals surface area (Å²) in [6, 6.07) is 13.1. The molecule has 0 spiro atoms. The lowest BCUT2D eigenvalue weighted by Crippen LogP contribution is -2.21. The first-order valence-corrected chi connectivity index (χ1v) is 11.7. The molecule has 1 amide bonds. The molecule has 2 heterocycles. The Labute approximate surface area is 214 Å². The maximum absolute atomic E-state index is 13.5. The third-order valence-electron chi connectivity index (χ3n) is 5.18. The molecule has 37 heavy (non-hydrogen) atoms. The van der Waals surface area contributed by atoms with Gasteiger partial charge in [0.1, 0.15) is 5.75 Å². The molecule has 0 saturated heterocycles. The maximum Gasteiger partial charge on any atom is 0.420 e. The van der Waals surface area contributed by atoms with Crippen LogP contribution in [0.15, 0.2) is 70.8 Å². The molecule has 11 heteroatoms. The predicted molar refractivity (Wildman–Crippen MR) is 133 cm³/mol. The van der Waals surface area contributed by atoms with Gasteiger partial charge in [0, 0.05) is 18.9 Å². The number of halogens is 3. The first kappa shape index (κ1) is 25.8. The van der Waals surface area contributed by atoms with Crippen LogP contribution in [0, 0.1) is 11.3 Å². The summed E-state index contributed by atoms with van der Waals surface area (Å²) in [5.74, 6) is -0.657. The van der Waals surface area contributed by atoms with Crippen LogP contribution in [0.3, 0.4) is 0 Å². The van der Waals surface area contributed by atoms with Gasteiger partial charge in [0.15, 0.2) is 16.7 Å². The fourth-order valence-electron chi connectivity index (χ4n) is 3.39. The minimum Gasteiger partial charge on any atom is -0.493 e. The fraction of sp³-hybridized carbons (Fsp3) is 0.154. The average Bonchev–Trinajstić information content (AvgIpc) is 3.23. The molecule has 1 aliphatic rings. The van der Waals surface area contributed by atoms with Crippen molar-refractivity contribution in [2.24, 2.45) is 4.99 Å². The predicted octanol–water partition coefficient (Wildman–Crippen LogP) is 5.58. The van der Waals surface area contributed by atoms with Crippen LogP contribution in [-0.2, 0) is 17.4 Å². The fourth-order valence-corrected chi connectivity index (χ4v) is 4.23. The number of aromatic nitrogens is 1. The highest BCUT2D eigenvalue weighted by Gasteiger charge is 2.35. The Bertz CT molecular complexity index is 1420. The first-order chi connectivity index (χ1) is 17.8. The second-order valence-electron chi connectivity index (χ2n) is 7.70. The van der Waals surface area contributed by atoms with E-state index in [1.54, 1.807) is 36.7 Å². The Balaban J connectivity index is 1.47. The van der Waals surface area contributed by atoms with Crippen LogP contribution in [0.2, 0.25) is 0 Å². The molecule has 0 unspecified atom stereocenters. The number of benzene rings is 2. The van der Waals surface area contributed by atoms with E-state index in [-0.39, 0.29) is 17.1 Å². The minimum absolute atomic E-state index is 0.0416. The average molecular weight is 525 g/mol. The van der Waals surface area contributed by atoms with E-state index in [9.17, 15) is 18.0 Å². The van der Waals surface area contributed by atoms with Crippen molar-refractivity contribution in [1.29, 1.82) is 5.26 Å². The summed E-state index contributed by atoms with van der Waals surface area (Å²) in [6.07, 6.45) is 1.06. The van der Waals surface area contributed by atoms with Crippen LogP contribution < -0.4 is 14.8 Å². The van der Waals surface area contributed by atoms with E-state index in [0.717, 1.165) is 24.1 Å². The number of nitrogens with one attached hydrogen (secondary N) is 1. The Morgan fingerprint density at radius 2 is 1.84 bits per heavy atom. The molecule has 1 N–H and O–H groups in total. The molecule has 0 radical (unpaired) electrons. The number of amides is 1. The van der Waals surface area contributed by atoms with Crippen LogP contribution in [-0.4, -0.2) is 29.7 Å². The summed E-state index contributed by atoms with van der Waals surface area (Å²) >= 11 is 1.19. The monoisotopic (exact) mass is 524 g/mol. The molecule has 4 rings (SSSR count). The van der Waals surface area contributed by atoms with E-state index in [1.165, 1.54) is 31.0 Å². The number of aliphatic imine (C=N–C) groups is 1. The molecule has 7 nitrogen and oxygen atoms in total. The van der Waals surface area contributed by atoms with Crippen molar-refractivity contribution >= 4 is 28.9 Å². The molecular weight excluding hydrogens is 505 g/mol. The Hall–Kier alpha value is -4.30. The van der Waals surface area contributed by atoms with Gasteiger partial charge >= 0.3 is 6.18 Å². The van der Waals surface area contributed by atoms with E-state index in [0.29, 0.717) is 22.2 Å². The Morgan fingerprint density at radius 1 is 1.08 bits per heavy atom. The zero-order valence-corrected chi connectivity index (χ0v) is 20.2. The summed E-state index contributed by atoms with van der Waals surface area (Å²) in [4.78, 5) is 20.7.